The summed E-state index contributed by atoms with van der Waals surface area (Å²) in [6.07, 6.45) is 4.95. The maximum absolute atomic E-state index is 13.0. The second kappa shape index (κ2) is 7.58. The summed E-state index contributed by atoms with van der Waals surface area (Å²) in [5.74, 6) is -0.128. The van der Waals surface area contributed by atoms with E-state index in [2.05, 4.69) is 16.8 Å². The van der Waals surface area contributed by atoms with Gasteiger partial charge in [0.2, 0.25) is 5.91 Å². The molecule has 5 nitrogen and oxygen atoms in total. The van der Waals surface area contributed by atoms with E-state index in [4.69, 9.17) is 0 Å². The lowest BCUT2D eigenvalue weighted by Crippen LogP contribution is -2.46. The number of carbonyl (C=O) groups excluding carboxylic acids is 2. The Kier molecular flexibility index (Phi) is 5.17. The summed E-state index contributed by atoms with van der Waals surface area (Å²) in [6.45, 7) is 2.89. The second-order valence-corrected chi connectivity index (χ2v) is 8.20. The van der Waals surface area contributed by atoms with Gasteiger partial charge in [-0.25, -0.2) is 4.39 Å². The Morgan fingerprint density at radius 2 is 1.52 bits per heavy atom. The monoisotopic (exact) mass is 373 g/mol. The van der Waals surface area contributed by atoms with Crippen LogP contribution in [0.3, 0.4) is 0 Å². The molecule has 0 N–H and O–H groups in total. The number of halogens is 1. The number of benzene rings is 1. The van der Waals surface area contributed by atoms with Gasteiger partial charge < -0.3 is 9.80 Å². The van der Waals surface area contributed by atoms with Crippen molar-refractivity contribution in [3.05, 3.63) is 35.6 Å². The molecule has 3 heterocycles. The fraction of sp³-hybridized carbons (Fsp3) is 0.619. The standard InChI is InChI=1S/C21H28FN3O2/c1-23-18-6-7-19(23)14-25(13-10-18)21(27)16-8-11-24(12-9-16)20(26)15-2-4-17(22)5-3-15/h2-5,16,18-19H,6-14H2,1H3/t18-,19+/m0/s1. The minimum absolute atomic E-state index is 0.0178. The van der Waals surface area contributed by atoms with E-state index in [1.54, 1.807) is 4.90 Å². The van der Waals surface area contributed by atoms with E-state index in [0.717, 1.165) is 19.5 Å². The van der Waals surface area contributed by atoms with Gasteiger partial charge in [0.15, 0.2) is 0 Å². The topological polar surface area (TPSA) is 43.9 Å². The van der Waals surface area contributed by atoms with Crippen LogP contribution in [-0.4, -0.2) is 71.8 Å². The van der Waals surface area contributed by atoms with E-state index in [1.807, 2.05) is 0 Å². The van der Waals surface area contributed by atoms with Crippen molar-refractivity contribution in [1.82, 2.24) is 14.7 Å². The molecule has 3 saturated heterocycles. The molecule has 0 radical (unpaired) electrons. The minimum Gasteiger partial charge on any atom is -0.341 e. The number of amides is 2. The fourth-order valence-electron chi connectivity index (χ4n) is 4.87. The lowest BCUT2D eigenvalue weighted by atomic mass is 9.94. The summed E-state index contributed by atoms with van der Waals surface area (Å²) in [5.41, 5.74) is 0.507. The van der Waals surface area contributed by atoms with Crippen LogP contribution < -0.4 is 0 Å². The molecule has 4 rings (SSSR count). The molecule has 0 saturated carbocycles. The van der Waals surface area contributed by atoms with Crippen LogP contribution in [0.4, 0.5) is 4.39 Å². The molecule has 1 aromatic rings. The van der Waals surface area contributed by atoms with Crippen molar-refractivity contribution in [2.45, 2.75) is 44.2 Å². The Morgan fingerprint density at radius 3 is 2.22 bits per heavy atom. The van der Waals surface area contributed by atoms with Crippen molar-refractivity contribution in [3.63, 3.8) is 0 Å². The van der Waals surface area contributed by atoms with Crippen LogP contribution in [0.1, 0.15) is 42.5 Å². The summed E-state index contributed by atoms with van der Waals surface area (Å²) in [6, 6.07) is 6.81. The van der Waals surface area contributed by atoms with E-state index >= 15 is 0 Å². The Morgan fingerprint density at radius 1 is 0.889 bits per heavy atom. The maximum atomic E-state index is 13.0. The average molecular weight is 373 g/mol. The zero-order valence-electron chi connectivity index (χ0n) is 15.9. The largest absolute Gasteiger partial charge is 0.341 e. The third kappa shape index (κ3) is 3.72. The van der Waals surface area contributed by atoms with Gasteiger partial charge in [0, 0.05) is 49.7 Å². The molecule has 2 atom stereocenters. The zero-order valence-corrected chi connectivity index (χ0v) is 15.9. The molecule has 2 amide bonds. The highest BCUT2D eigenvalue weighted by Gasteiger charge is 2.38. The molecule has 0 spiro atoms. The number of hydrogen-bond donors (Lipinski definition) is 0. The van der Waals surface area contributed by atoms with Gasteiger partial charge in [-0.2, -0.15) is 0 Å². The third-order valence-corrected chi connectivity index (χ3v) is 6.68. The summed E-state index contributed by atoms with van der Waals surface area (Å²) in [4.78, 5) is 31.9. The molecule has 2 bridgehead atoms. The highest BCUT2D eigenvalue weighted by molar-refractivity contribution is 5.94. The SMILES string of the molecule is CN1[C@H]2CC[C@@H]1CN(C(=O)C1CCN(C(=O)c3ccc(F)cc3)CC1)CC2. The van der Waals surface area contributed by atoms with Crippen LogP contribution in [0.15, 0.2) is 24.3 Å². The van der Waals surface area contributed by atoms with Crippen LogP contribution in [0, 0.1) is 11.7 Å². The van der Waals surface area contributed by atoms with Gasteiger partial charge in [-0.05, 0) is 63.4 Å². The zero-order chi connectivity index (χ0) is 19.0. The third-order valence-electron chi connectivity index (χ3n) is 6.68. The minimum atomic E-state index is -0.340. The molecule has 6 heteroatoms. The Hall–Kier alpha value is -1.95. The first kappa shape index (κ1) is 18.4. The number of likely N-dealkylation sites (tertiary alicyclic amines) is 2. The molecule has 3 fully saturated rings. The fourth-order valence-corrected chi connectivity index (χ4v) is 4.87. The van der Waals surface area contributed by atoms with Crippen LogP contribution in [0.5, 0.6) is 0 Å². The number of carbonyl (C=O) groups is 2. The van der Waals surface area contributed by atoms with E-state index in [0.29, 0.717) is 43.6 Å². The van der Waals surface area contributed by atoms with Crippen LogP contribution in [0.25, 0.3) is 0 Å². The molecular formula is C21H28FN3O2. The summed E-state index contributed by atoms with van der Waals surface area (Å²) in [5, 5.41) is 0. The Bertz CT molecular complexity index is 700. The smallest absolute Gasteiger partial charge is 0.253 e. The predicted octanol–water partition coefficient (Wildman–Crippen LogP) is 2.37. The number of hydrogen-bond acceptors (Lipinski definition) is 3. The first-order valence-corrected chi connectivity index (χ1v) is 10.1. The number of rotatable bonds is 2. The van der Waals surface area contributed by atoms with E-state index in [1.165, 1.54) is 37.1 Å². The molecule has 3 aliphatic rings. The van der Waals surface area contributed by atoms with Gasteiger partial charge >= 0.3 is 0 Å². The van der Waals surface area contributed by atoms with E-state index in [9.17, 15) is 14.0 Å². The van der Waals surface area contributed by atoms with Gasteiger partial charge in [0.1, 0.15) is 5.82 Å². The van der Waals surface area contributed by atoms with Crippen molar-refractivity contribution >= 4 is 11.8 Å². The molecule has 0 aliphatic carbocycles. The quantitative estimate of drug-likeness (QED) is 0.800. The number of fused-ring (bicyclic) bond motifs is 2. The van der Waals surface area contributed by atoms with Gasteiger partial charge in [-0.15, -0.1) is 0 Å². The first-order chi connectivity index (χ1) is 13.0. The molecule has 3 aliphatic heterocycles. The molecule has 146 valence electrons. The van der Waals surface area contributed by atoms with E-state index in [-0.39, 0.29) is 23.5 Å². The summed E-state index contributed by atoms with van der Waals surface area (Å²) >= 11 is 0. The molecule has 0 aromatic heterocycles. The van der Waals surface area contributed by atoms with Crippen LogP contribution in [-0.2, 0) is 4.79 Å². The maximum Gasteiger partial charge on any atom is 0.253 e. The van der Waals surface area contributed by atoms with Gasteiger partial charge in [0.25, 0.3) is 5.91 Å². The number of likely N-dealkylation sites (N-methyl/N-ethyl adjacent to an activating group) is 1. The van der Waals surface area contributed by atoms with Gasteiger partial charge in [-0.3, -0.25) is 14.5 Å². The Balaban J connectivity index is 1.33. The van der Waals surface area contributed by atoms with Crippen LogP contribution >= 0.6 is 0 Å². The summed E-state index contributed by atoms with van der Waals surface area (Å²) < 4.78 is 13.0. The average Bonchev–Trinajstić information content (AvgIpc) is 2.93. The second-order valence-electron chi connectivity index (χ2n) is 8.20. The van der Waals surface area contributed by atoms with Crippen LogP contribution in [0.2, 0.25) is 0 Å². The van der Waals surface area contributed by atoms with Crippen molar-refractivity contribution in [2.75, 3.05) is 33.2 Å². The predicted molar refractivity (Wildman–Crippen MR) is 101 cm³/mol. The van der Waals surface area contributed by atoms with Gasteiger partial charge in [-0.1, -0.05) is 0 Å². The number of piperidine rings is 1. The summed E-state index contributed by atoms with van der Waals surface area (Å²) in [7, 11) is 2.19. The molecule has 0 unspecified atom stereocenters. The van der Waals surface area contributed by atoms with Crippen molar-refractivity contribution < 1.29 is 14.0 Å². The molecular weight excluding hydrogens is 345 g/mol. The molecule has 1 aromatic carbocycles. The van der Waals surface area contributed by atoms with Crippen molar-refractivity contribution in [3.8, 4) is 0 Å². The Labute approximate surface area is 160 Å². The van der Waals surface area contributed by atoms with Crippen molar-refractivity contribution in [1.29, 1.82) is 0 Å². The first-order valence-electron chi connectivity index (χ1n) is 10.1. The highest BCUT2D eigenvalue weighted by Crippen LogP contribution is 2.30. The van der Waals surface area contributed by atoms with E-state index < -0.39 is 0 Å². The lowest BCUT2D eigenvalue weighted by molar-refractivity contribution is -0.137. The van der Waals surface area contributed by atoms with Gasteiger partial charge in [0.05, 0.1) is 0 Å². The number of nitrogens with zero attached hydrogens (tertiary/aromatic N) is 3. The van der Waals surface area contributed by atoms with Crippen molar-refractivity contribution in [2.24, 2.45) is 5.92 Å². The normalized spacial score (nSPS) is 26.9. The highest BCUT2D eigenvalue weighted by atomic mass is 19.1. The molecule has 27 heavy (non-hydrogen) atoms. The lowest BCUT2D eigenvalue weighted by Gasteiger charge is -2.35.